The van der Waals surface area contributed by atoms with Crippen molar-refractivity contribution in [2.24, 2.45) is 11.8 Å². The number of Topliss-reactive ketones (excluding diaryl/α,β-unsaturated/α-hetero) is 1. The van der Waals surface area contributed by atoms with Gasteiger partial charge in [0.1, 0.15) is 0 Å². The fourth-order valence-electron chi connectivity index (χ4n) is 3.90. The summed E-state index contributed by atoms with van der Waals surface area (Å²) in [6.45, 7) is 5.64. The largest absolute Gasteiger partial charge is 0.337 e. The van der Waals surface area contributed by atoms with Gasteiger partial charge < -0.3 is 9.47 Å². The Morgan fingerprint density at radius 1 is 1.15 bits per heavy atom. The van der Waals surface area contributed by atoms with Crippen molar-refractivity contribution >= 4 is 11.7 Å². The summed E-state index contributed by atoms with van der Waals surface area (Å²) in [5.74, 6) is 0.492. The van der Waals surface area contributed by atoms with Gasteiger partial charge in [-0.15, -0.1) is 0 Å². The molecule has 1 aliphatic rings. The van der Waals surface area contributed by atoms with E-state index in [4.69, 9.17) is 0 Å². The standard InChI is InChI=1S/C22H29N3O2/c1-17(2)13-20-21(26)15-19(14-18-7-4-3-5-8-18)22(27)25(20)11-6-10-24-12-9-23-16-24/h3-5,7-9,12,16-17,19-20H,6,10-11,13-15H2,1-2H3. The van der Waals surface area contributed by atoms with E-state index in [1.54, 1.807) is 12.5 Å². The molecule has 5 nitrogen and oxygen atoms in total. The Hall–Kier alpha value is -2.43. The van der Waals surface area contributed by atoms with Crippen LogP contribution in [0.5, 0.6) is 0 Å². The molecular weight excluding hydrogens is 338 g/mol. The molecule has 2 atom stereocenters. The van der Waals surface area contributed by atoms with Gasteiger partial charge in [0.15, 0.2) is 5.78 Å². The summed E-state index contributed by atoms with van der Waals surface area (Å²) in [5, 5.41) is 0. The molecule has 1 fully saturated rings. The van der Waals surface area contributed by atoms with Crippen LogP contribution in [0.25, 0.3) is 0 Å². The van der Waals surface area contributed by atoms with Crippen LogP contribution in [0.4, 0.5) is 0 Å². The fraction of sp³-hybridized carbons (Fsp3) is 0.500. The number of rotatable bonds is 8. The van der Waals surface area contributed by atoms with E-state index in [1.807, 2.05) is 46.0 Å². The second kappa shape index (κ2) is 8.98. The van der Waals surface area contributed by atoms with E-state index >= 15 is 0 Å². The molecule has 5 heteroatoms. The van der Waals surface area contributed by atoms with Gasteiger partial charge in [0, 0.05) is 37.8 Å². The van der Waals surface area contributed by atoms with E-state index < -0.39 is 0 Å². The van der Waals surface area contributed by atoms with Crippen LogP contribution in [0.1, 0.15) is 38.7 Å². The van der Waals surface area contributed by atoms with Crippen LogP contribution in [-0.2, 0) is 22.6 Å². The predicted molar refractivity (Wildman–Crippen MR) is 105 cm³/mol. The lowest BCUT2D eigenvalue weighted by Gasteiger charge is -2.39. The highest BCUT2D eigenvalue weighted by atomic mass is 16.2. The molecule has 0 spiro atoms. The third kappa shape index (κ3) is 5.06. The molecule has 3 rings (SSSR count). The zero-order valence-electron chi connectivity index (χ0n) is 16.3. The maximum absolute atomic E-state index is 13.2. The summed E-state index contributed by atoms with van der Waals surface area (Å²) in [6.07, 6.45) is 8.03. The number of benzene rings is 1. The van der Waals surface area contributed by atoms with Crippen LogP contribution in [0, 0.1) is 11.8 Å². The fourth-order valence-corrected chi connectivity index (χ4v) is 3.90. The molecule has 2 aromatic rings. The minimum absolute atomic E-state index is 0.134. The highest BCUT2D eigenvalue weighted by molar-refractivity contribution is 5.96. The SMILES string of the molecule is CC(C)CC1C(=O)CC(Cc2ccccc2)C(=O)N1CCCn1ccnc1. The Kier molecular flexibility index (Phi) is 6.43. The zero-order chi connectivity index (χ0) is 19.2. The average molecular weight is 367 g/mol. The van der Waals surface area contributed by atoms with Gasteiger partial charge in [0.2, 0.25) is 5.91 Å². The molecule has 2 unspecified atom stereocenters. The topological polar surface area (TPSA) is 55.2 Å². The van der Waals surface area contributed by atoms with Crippen LogP contribution < -0.4 is 0 Å². The van der Waals surface area contributed by atoms with Crippen LogP contribution in [0.2, 0.25) is 0 Å². The van der Waals surface area contributed by atoms with Crippen molar-refractivity contribution in [3.8, 4) is 0 Å². The number of imidazole rings is 1. The van der Waals surface area contributed by atoms with E-state index in [-0.39, 0.29) is 23.7 Å². The molecule has 1 aromatic carbocycles. The number of carbonyl (C=O) groups is 2. The smallest absolute Gasteiger partial charge is 0.227 e. The molecule has 27 heavy (non-hydrogen) atoms. The van der Waals surface area contributed by atoms with Gasteiger partial charge in [-0.2, -0.15) is 0 Å². The van der Waals surface area contributed by atoms with Crippen LogP contribution in [-0.4, -0.2) is 38.7 Å². The first-order valence-electron chi connectivity index (χ1n) is 9.87. The third-order valence-corrected chi connectivity index (χ3v) is 5.22. The number of likely N-dealkylation sites (tertiary alicyclic amines) is 1. The van der Waals surface area contributed by atoms with Crippen molar-refractivity contribution in [3.63, 3.8) is 0 Å². The van der Waals surface area contributed by atoms with Gasteiger partial charge >= 0.3 is 0 Å². The molecule has 144 valence electrons. The summed E-state index contributed by atoms with van der Waals surface area (Å²) < 4.78 is 2.01. The molecule has 1 amide bonds. The summed E-state index contributed by atoms with van der Waals surface area (Å²) in [6, 6.07) is 9.72. The van der Waals surface area contributed by atoms with Crippen molar-refractivity contribution < 1.29 is 9.59 Å². The zero-order valence-corrected chi connectivity index (χ0v) is 16.3. The number of amides is 1. The van der Waals surface area contributed by atoms with E-state index in [1.165, 1.54) is 0 Å². The number of hydrogen-bond donors (Lipinski definition) is 0. The van der Waals surface area contributed by atoms with Gasteiger partial charge in [-0.1, -0.05) is 44.2 Å². The van der Waals surface area contributed by atoms with Crippen LogP contribution in [0.15, 0.2) is 49.1 Å². The summed E-state index contributed by atoms with van der Waals surface area (Å²) >= 11 is 0. The molecular formula is C22H29N3O2. The van der Waals surface area contributed by atoms with Crippen molar-refractivity contribution in [2.75, 3.05) is 6.54 Å². The van der Waals surface area contributed by atoms with E-state index in [0.717, 1.165) is 24.9 Å². The first-order chi connectivity index (χ1) is 13.0. The minimum atomic E-state index is -0.271. The molecule has 0 saturated carbocycles. The number of piperidine rings is 1. The average Bonchev–Trinajstić information content (AvgIpc) is 3.16. The van der Waals surface area contributed by atoms with Crippen molar-refractivity contribution in [1.29, 1.82) is 0 Å². The number of nitrogens with zero attached hydrogens (tertiary/aromatic N) is 3. The van der Waals surface area contributed by atoms with Gasteiger partial charge in [0.25, 0.3) is 0 Å². The second-order valence-electron chi connectivity index (χ2n) is 7.89. The molecule has 0 aliphatic carbocycles. The Morgan fingerprint density at radius 2 is 1.93 bits per heavy atom. The Balaban J connectivity index is 1.70. The van der Waals surface area contributed by atoms with Gasteiger partial charge in [-0.05, 0) is 30.7 Å². The van der Waals surface area contributed by atoms with Crippen LogP contribution >= 0.6 is 0 Å². The maximum Gasteiger partial charge on any atom is 0.227 e. The lowest BCUT2D eigenvalue weighted by atomic mass is 9.83. The number of carbonyl (C=O) groups excluding carboxylic acids is 2. The number of ketones is 1. The minimum Gasteiger partial charge on any atom is -0.337 e. The molecule has 0 radical (unpaired) electrons. The van der Waals surface area contributed by atoms with Crippen LogP contribution in [0.3, 0.4) is 0 Å². The lowest BCUT2D eigenvalue weighted by molar-refractivity contribution is -0.150. The first-order valence-corrected chi connectivity index (χ1v) is 9.87. The molecule has 0 bridgehead atoms. The van der Waals surface area contributed by atoms with Crippen molar-refractivity contribution in [1.82, 2.24) is 14.5 Å². The normalized spacial score (nSPS) is 20.5. The van der Waals surface area contributed by atoms with E-state index in [9.17, 15) is 9.59 Å². The van der Waals surface area contributed by atoms with E-state index in [0.29, 0.717) is 25.3 Å². The maximum atomic E-state index is 13.2. The number of aryl methyl sites for hydroxylation is 1. The highest BCUT2D eigenvalue weighted by Crippen LogP contribution is 2.27. The monoisotopic (exact) mass is 367 g/mol. The van der Waals surface area contributed by atoms with Crippen molar-refractivity contribution in [3.05, 3.63) is 54.6 Å². The predicted octanol–water partition coefficient (Wildman–Crippen LogP) is 3.35. The third-order valence-electron chi connectivity index (χ3n) is 5.22. The molecule has 1 aliphatic heterocycles. The Labute approximate surface area is 161 Å². The molecule has 0 N–H and O–H groups in total. The van der Waals surface area contributed by atoms with Gasteiger partial charge in [-0.3, -0.25) is 9.59 Å². The second-order valence-corrected chi connectivity index (χ2v) is 7.89. The Morgan fingerprint density at radius 3 is 2.59 bits per heavy atom. The summed E-state index contributed by atoms with van der Waals surface area (Å²) in [7, 11) is 0. The summed E-state index contributed by atoms with van der Waals surface area (Å²) in [5.41, 5.74) is 1.12. The number of aromatic nitrogens is 2. The molecule has 1 aromatic heterocycles. The number of hydrogen-bond acceptors (Lipinski definition) is 3. The summed E-state index contributed by atoms with van der Waals surface area (Å²) in [4.78, 5) is 32.0. The lowest BCUT2D eigenvalue weighted by Crippen LogP contribution is -2.54. The quantitative estimate of drug-likeness (QED) is 0.719. The molecule has 1 saturated heterocycles. The van der Waals surface area contributed by atoms with Gasteiger partial charge in [0.05, 0.1) is 12.4 Å². The van der Waals surface area contributed by atoms with Crippen molar-refractivity contribution in [2.45, 2.75) is 52.1 Å². The Bertz CT molecular complexity index is 740. The molecule has 2 heterocycles. The van der Waals surface area contributed by atoms with Gasteiger partial charge in [-0.25, -0.2) is 4.98 Å². The first kappa shape index (κ1) is 19.3. The highest BCUT2D eigenvalue weighted by Gasteiger charge is 2.40. The van der Waals surface area contributed by atoms with E-state index in [2.05, 4.69) is 18.8 Å².